The first kappa shape index (κ1) is 13.7. The molecule has 1 aromatic rings. The number of carbonyl (C=O) groups is 1. The average Bonchev–Trinajstić information content (AvgIpc) is 2.69. The van der Waals surface area contributed by atoms with Gasteiger partial charge in [-0.2, -0.15) is 10.1 Å². The number of rotatable bonds is 3. The Labute approximate surface area is 113 Å². The van der Waals surface area contributed by atoms with E-state index in [1.54, 1.807) is 12.3 Å². The Kier molecular flexibility index (Phi) is 3.66. The second-order valence-corrected chi connectivity index (χ2v) is 5.70. The monoisotopic (exact) mass is 260 g/mol. The van der Waals surface area contributed by atoms with Crippen LogP contribution in [-0.2, 0) is 4.79 Å². The highest BCUT2D eigenvalue weighted by Gasteiger charge is 2.41. The summed E-state index contributed by atoms with van der Waals surface area (Å²) >= 11 is 0. The summed E-state index contributed by atoms with van der Waals surface area (Å²) < 4.78 is 0. The number of amides is 1. The van der Waals surface area contributed by atoms with E-state index >= 15 is 0 Å². The molecule has 0 aromatic carbocycles. The number of nitrogens with zero attached hydrogens (tertiary/aromatic N) is 3. The first-order chi connectivity index (χ1) is 8.95. The maximum atomic E-state index is 12.5. The van der Waals surface area contributed by atoms with Gasteiger partial charge in [0.15, 0.2) is 5.82 Å². The molecule has 102 valence electrons. The van der Waals surface area contributed by atoms with Crippen LogP contribution in [0.5, 0.6) is 0 Å². The lowest BCUT2D eigenvalue weighted by Gasteiger charge is -2.21. The number of hydrazone groups is 1. The zero-order chi connectivity index (χ0) is 14.0. The fourth-order valence-corrected chi connectivity index (χ4v) is 2.23. The third-order valence-corrected chi connectivity index (χ3v) is 3.13. The summed E-state index contributed by atoms with van der Waals surface area (Å²) in [6.07, 6.45) is 2.28. The van der Waals surface area contributed by atoms with Gasteiger partial charge in [-0.1, -0.05) is 26.8 Å². The molecule has 0 radical (unpaired) electrons. The van der Waals surface area contributed by atoms with Gasteiger partial charge in [0.05, 0.1) is 11.6 Å². The number of nitrogens with two attached hydrogens (primary N) is 1. The topological polar surface area (TPSA) is 71.6 Å². The summed E-state index contributed by atoms with van der Waals surface area (Å²) in [5, 5.41) is 5.90. The SMILES string of the molecule is CC(C)(C)C1=NN(c2ccccn2)C(=O)C1CCN. The molecule has 1 atom stereocenters. The summed E-state index contributed by atoms with van der Waals surface area (Å²) in [5.74, 6) is 0.301. The fourth-order valence-electron chi connectivity index (χ4n) is 2.23. The van der Waals surface area contributed by atoms with Crippen LogP contribution in [0.1, 0.15) is 27.2 Å². The number of hydrogen-bond donors (Lipinski definition) is 1. The van der Waals surface area contributed by atoms with E-state index in [1.807, 2.05) is 12.1 Å². The predicted octanol–water partition coefficient (Wildman–Crippen LogP) is 1.80. The van der Waals surface area contributed by atoms with Gasteiger partial charge < -0.3 is 5.73 Å². The van der Waals surface area contributed by atoms with E-state index in [2.05, 4.69) is 30.9 Å². The smallest absolute Gasteiger partial charge is 0.257 e. The van der Waals surface area contributed by atoms with Crippen LogP contribution in [-0.4, -0.2) is 23.1 Å². The van der Waals surface area contributed by atoms with E-state index in [0.29, 0.717) is 18.8 Å². The van der Waals surface area contributed by atoms with Gasteiger partial charge >= 0.3 is 0 Å². The molecule has 1 aliphatic heterocycles. The largest absolute Gasteiger partial charge is 0.330 e. The minimum Gasteiger partial charge on any atom is -0.330 e. The first-order valence-electron chi connectivity index (χ1n) is 6.49. The molecule has 0 saturated carbocycles. The van der Waals surface area contributed by atoms with Crippen molar-refractivity contribution in [3.63, 3.8) is 0 Å². The van der Waals surface area contributed by atoms with Crippen LogP contribution in [0.15, 0.2) is 29.5 Å². The molecular weight excluding hydrogens is 240 g/mol. The molecule has 5 heteroatoms. The zero-order valence-corrected chi connectivity index (χ0v) is 11.6. The zero-order valence-electron chi connectivity index (χ0n) is 11.6. The highest BCUT2D eigenvalue weighted by atomic mass is 16.2. The number of anilines is 1. The molecule has 0 bridgehead atoms. The van der Waals surface area contributed by atoms with Gasteiger partial charge in [0, 0.05) is 11.6 Å². The van der Waals surface area contributed by atoms with E-state index in [-0.39, 0.29) is 17.2 Å². The van der Waals surface area contributed by atoms with Crippen molar-refractivity contribution in [3.05, 3.63) is 24.4 Å². The Morgan fingerprint density at radius 3 is 2.63 bits per heavy atom. The van der Waals surface area contributed by atoms with E-state index in [0.717, 1.165) is 5.71 Å². The average molecular weight is 260 g/mol. The molecule has 2 N–H and O–H groups in total. The molecular formula is C14H20N4O. The van der Waals surface area contributed by atoms with E-state index in [4.69, 9.17) is 5.73 Å². The quantitative estimate of drug-likeness (QED) is 0.900. The van der Waals surface area contributed by atoms with Gasteiger partial charge in [0.1, 0.15) is 0 Å². The summed E-state index contributed by atoms with van der Waals surface area (Å²) in [4.78, 5) is 16.7. The van der Waals surface area contributed by atoms with Gasteiger partial charge in [-0.05, 0) is 25.1 Å². The molecule has 1 amide bonds. The van der Waals surface area contributed by atoms with E-state index in [1.165, 1.54) is 5.01 Å². The molecule has 0 aliphatic carbocycles. The van der Waals surface area contributed by atoms with Crippen LogP contribution in [0.25, 0.3) is 0 Å². The molecule has 0 spiro atoms. The third kappa shape index (κ3) is 2.66. The van der Waals surface area contributed by atoms with Crippen molar-refractivity contribution < 1.29 is 4.79 Å². The van der Waals surface area contributed by atoms with Gasteiger partial charge in [-0.15, -0.1) is 0 Å². The fraction of sp³-hybridized carbons (Fsp3) is 0.500. The number of pyridine rings is 1. The molecule has 0 saturated heterocycles. The van der Waals surface area contributed by atoms with Crippen molar-refractivity contribution in [2.24, 2.45) is 22.2 Å². The van der Waals surface area contributed by atoms with Crippen LogP contribution in [0, 0.1) is 11.3 Å². The lowest BCUT2D eigenvalue weighted by Crippen LogP contribution is -2.33. The van der Waals surface area contributed by atoms with Crippen molar-refractivity contribution in [2.45, 2.75) is 27.2 Å². The molecule has 5 nitrogen and oxygen atoms in total. The summed E-state index contributed by atoms with van der Waals surface area (Å²) in [5.41, 5.74) is 6.35. The van der Waals surface area contributed by atoms with Crippen LogP contribution in [0.2, 0.25) is 0 Å². The summed E-state index contributed by atoms with van der Waals surface area (Å²) in [7, 11) is 0. The summed E-state index contributed by atoms with van der Waals surface area (Å²) in [6, 6.07) is 5.44. The lowest BCUT2D eigenvalue weighted by atomic mass is 9.81. The Morgan fingerprint density at radius 1 is 1.37 bits per heavy atom. The predicted molar refractivity (Wildman–Crippen MR) is 75.8 cm³/mol. The lowest BCUT2D eigenvalue weighted by molar-refractivity contribution is -0.120. The van der Waals surface area contributed by atoms with Gasteiger partial charge in [0.25, 0.3) is 5.91 Å². The van der Waals surface area contributed by atoms with Crippen LogP contribution in [0.3, 0.4) is 0 Å². The standard InChI is InChI=1S/C14H20N4O/c1-14(2,3)12-10(7-8-15)13(19)18(17-12)11-6-4-5-9-16-11/h4-6,9-10H,7-8,15H2,1-3H3. The first-order valence-corrected chi connectivity index (χ1v) is 6.49. The Hall–Kier alpha value is -1.75. The highest BCUT2D eigenvalue weighted by Crippen LogP contribution is 2.32. The maximum absolute atomic E-state index is 12.5. The van der Waals surface area contributed by atoms with Crippen molar-refractivity contribution in [3.8, 4) is 0 Å². The van der Waals surface area contributed by atoms with Crippen molar-refractivity contribution in [1.29, 1.82) is 0 Å². The number of hydrogen-bond acceptors (Lipinski definition) is 4. The Balaban J connectivity index is 2.38. The van der Waals surface area contributed by atoms with Crippen molar-refractivity contribution in [1.82, 2.24) is 4.98 Å². The molecule has 1 aliphatic rings. The maximum Gasteiger partial charge on any atom is 0.257 e. The minimum absolute atomic E-state index is 0.0333. The van der Waals surface area contributed by atoms with Gasteiger partial charge in [-0.3, -0.25) is 4.79 Å². The van der Waals surface area contributed by atoms with Crippen molar-refractivity contribution in [2.75, 3.05) is 11.6 Å². The van der Waals surface area contributed by atoms with Crippen molar-refractivity contribution >= 4 is 17.4 Å². The Morgan fingerprint density at radius 2 is 2.11 bits per heavy atom. The molecule has 2 heterocycles. The highest BCUT2D eigenvalue weighted by molar-refractivity contribution is 6.16. The molecule has 2 rings (SSSR count). The normalized spacial score (nSPS) is 19.8. The molecule has 0 fully saturated rings. The van der Waals surface area contributed by atoms with Gasteiger partial charge in [0.2, 0.25) is 0 Å². The molecule has 1 unspecified atom stereocenters. The van der Waals surface area contributed by atoms with Crippen LogP contribution in [0.4, 0.5) is 5.82 Å². The molecule has 19 heavy (non-hydrogen) atoms. The van der Waals surface area contributed by atoms with Gasteiger partial charge in [-0.25, -0.2) is 4.98 Å². The number of aromatic nitrogens is 1. The molecule has 1 aromatic heterocycles. The third-order valence-electron chi connectivity index (χ3n) is 3.13. The second kappa shape index (κ2) is 5.09. The minimum atomic E-state index is -0.230. The van der Waals surface area contributed by atoms with E-state index < -0.39 is 0 Å². The van der Waals surface area contributed by atoms with Crippen LogP contribution >= 0.6 is 0 Å². The van der Waals surface area contributed by atoms with Crippen LogP contribution < -0.4 is 10.7 Å². The Bertz CT molecular complexity index is 490. The number of carbonyl (C=O) groups excluding carboxylic acids is 1. The summed E-state index contributed by atoms with van der Waals surface area (Å²) in [6.45, 7) is 6.65. The second-order valence-electron chi connectivity index (χ2n) is 5.70. The van der Waals surface area contributed by atoms with E-state index in [9.17, 15) is 4.79 Å².